The summed E-state index contributed by atoms with van der Waals surface area (Å²) in [6.07, 6.45) is 3.06. The zero-order valence-electron chi connectivity index (χ0n) is 25.2. The van der Waals surface area contributed by atoms with Crippen LogP contribution in [0.3, 0.4) is 0 Å². The molecule has 3 aliphatic rings. The maximum Gasteiger partial charge on any atom is 0.249 e. The van der Waals surface area contributed by atoms with Crippen LogP contribution in [0, 0.1) is 11.8 Å². The minimum Gasteiger partial charge on any atom is -0.494 e. The lowest BCUT2D eigenvalue weighted by atomic mass is 9.70. The number of aliphatic hydroxyl groups excluding tert-OH is 1. The van der Waals surface area contributed by atoms with Gasteiger partial charge in [-0.25, -0.2) is 0 Å². The standard InChI is InChI=1S/C34H40BrN3O6/c1-5-17-36(20-23-11-9-8-10-12-23)33(42)30-34-19-26(35)29(44-34)27(28(34)32(41)38(30)22(4)21-39)31(40)37(18-6-2)24-13-15-25(16-14-24)43-7-3/h5-6,8-16,22,26-30,39H,1-2,7,17-21H2,3-4H3/t22-,26?,27-,28+,29-,30?,34?/m1/s1. The number of likely N-dealkylation sites (tertiary alicyclic amines) is 1. The van der Waals surface area contributed by atoms with Crippen LogP contribution in [0.15, 0.2) is 79.9 Å². The van der Waals surface area contributed by atoms with E-state index in [1.807, 2.05) is 49.4 Å². The van der Waals surface area contributed by atoms with Gasteiger partial charge in [0.25, 0.3) is 0 Å². The summed E-state index contributed by atoms with van der Waals surface area (Å²) in [5.41, 5.74) is 0.326. The first kappa shape index (κ1) is 31.9. The smallest absolute Gasteiger partial charge is 0.249 e. The first-order valence-electron chi connectivity index (χ1n) is 15.1. The number of nitrogens with zero attached hydrogens (tertiary/aromatic N) is 3. The molecule has 5 rings (SSSR count). The fraction of sp³-hybridized carbons (Fsp3) is 0.441. The number of fused-ring (bicyclic) bond motifs is 1. The highest BCUT2D eigenvalue weighted by atomic mass is 79.9. The number of anilines is 1. The summed E-state index contributed by atoms with van der Waals surface area (Å²) in [7, 11) is 0. The van der Waals surface area contributed by atoms with Gasteiger partial charge in [-0.2, -0.15) is 0 Å². The second kappa shape index (κ2) is 13.3. The molecule has 0 aliphatic carbocycles. The molecule has 234 valence electrons. The summed E-state index contributed by atoms with van der Waals surface area (Å²) in [6, 6.07) is 15.1. The van der Waals surface area contributed by atoms with Crippen molar-refractivity contribution in [3.05, 3.63) is 85.5 Å². The molecule has 0 saturated carbocycles. The van der Waals surface area contributed by atoms with E-state index in [9.17, 15) is 19.5 Å². The maximum absolute atomic E-state index is 14.6. The predicted octanol–water partition coefficient (Wildman–Crippen LogP) is 3.95. The number of amides is 3. The van der Waals surface area contributed by atoms with Gasteiger partial charge in [-0.15, -0.1) is 13.2 Å². The number of aliphatic hydroxyl groups is 1. The lowest BCUT2D eigenvalue weighted by Gasteiger charge is -2.38. The second-order valence-corrected chi connectivity index (χ2v) is 12.8. The van der Waals surface area contributed by atoms with Crippen LogP contribution < -0.4 is 9.64 Å². The van der Waals surface area contributed by atoms with E-state index >= 15 is 0 Å². The minimum absolute atomic E-state index is 0.222. The first-order valence-corrected chi connectivity index (χ1v) is 16.0. The minimum atomic E-state index is -1.24. The number of rotatable bonds is 13. The number of carbonyl (C=O) groups excluding carboxylic acids is 3. The van der Waals surface area contributed by atoms with Crippen LogP contribution in [-0.4, -0.2) is 87.5 Å². The van der Waals surface area contributed by atoms with E-state index in [2.05, 4.69) is 29.1 Å². The summed E-state index contributed by atoms with van der Waals surface area (Å²) in [6.45, 7) is 12.3. The van der Waals surface area contributed by atoms with Crippen molar-refractivity contribution in [3.63, 3.8) is 0 Å². The molecule has 3 amide bonds. The molecule has 0 radical (unpaired) electrons. The van der Waals surface area contributed by atoms with Crippen LogP contribution in [0.5, 0.6) is 5.75 Å². The number of carbonyl (C=O) groups is 3. The number of alkyl halides is 1. The third-order valence-corrected chi connectivity index (χ3v) is 9.74. The summed E-state index contributed by atoms with van der Waals surface area (Å²) < 4.78 is 12.3. The highest BCUT2D eigenvalue weighted by molar-refractivity contribution is 9.09. The fourth-order valence-electron chi connectivity index (χ4n) is 7.08. The molecular weight excluding hydrogens is 626 g/mol. The number of ether oxygens (including phenoxy) is 2. The zero-order chi connectivity index (χ0) is 31.6. The van der Waals surface area contributed by atoms with Crippen molar-refractivity contribution >= 4 is 39.3 Å². The zero-order valence-corrected chi connectivity index (χ0v) is 26.8. The Kier molecular flexibility index (Phi) is 9.62. The topological polar surface area (TPSA) is 99.6 Å². The normalized spacial score (nSPS) is 27.5. The third-order valence-electron chi connectivity index (χ3n) is 8.90. The summed E-state index contributed by atoms with van der Waals surface area (Å²) in [4.78, 5) is 47.9. The van der Waals surface area contributed by atoms with E-state index in [0.717, 1.165) is 5.56 Å². The number of hydrogen-bond acceptors (Lipinski definition) is 6. The van der Waals surface area contributed by atoms with E-state index < -0.39 is 35.6 Å². The summed E-state index contributed by atoms with van der Waals surface area (Å²) in [5, 5.41) is 10.2. The van der Waals surface area contributed by atoms with E-state index in [-0.39, 0.29) is 42.2 Å². The van der Waals surface area contributed by atoms with Crippen molar-refractivity contribution < 1.29 is 29.0 Å². The lowest BCUT2D eigenvalue weighted by Crippen LogP contribution is -2.58. The van der Waals surface area contributed by atoms with Gasteiger partial charge in [0.2, 0.25) is 17.7 Å². The number of benzene rings is 2. The highest BCUT2D eigenvalue weighted by Gasteiger charge is 2.77. The average Bonchev–Trinajstić information content (AvgIpc) is 3.63. The van der Waals surface area contributed by atoms with Gasteiger partial charge in [-0.05, 0) is 50.1 Å². The van der Waals surface area contributed by atoms with Crippen molar-refractivity contribution in [2.75, 3.05) is 31.2 Å². The highest BCUT2D eigenvalue weighted by Crippen LogP contribution is 2.61. The van der Waals surface area contributed by atoms with Crippen LogP contribution >= 0.6 is 15.9 Å². The first-order chi connectivity index (χ1) is 21.2. The van der Waals surface area contributed by atoms with E-state index in [1.54, 1.807) is 41.0 Å². The Morgan fingerprint density at radius 2 is 1.82 bits per heavy atom. The van der Waals surface area contributed by atoms with Crippen molar-refractivity contribution in [2.24, 2.45) is 11.8 Å². The van der Waals surface area contributed by atoms with Crippen LogP contribution in [0.2, 0.25) is 0 Å². The molecule has 3 aliphatic heterocycles. The Balaban J connectivity index is 1.54. The van der Waals surface area contributed by atoms with Crippen LogP contribution in [0.4, 0.5) is 5.69 Å². The molecule has 2 aromatic carbocycles. The molecule has 2 bridgehead atoms. The molecule has 3 heterocycles. The van der Waals surface area contributed by atoms with E-state index in [4.69, 9.17) is 9.47 Å². The fourth-order valence-corrected chi connectivity index (χ4v) is 8.02. The molecular formula is C34H40BrN3O6. The average molecular weight is 667 g/mol. The molecule has 2 aromatic rings. The molecule has 9 nitrogen and oxygen atoms in total. The Bertz CT molecular complexity index is 1390. The summed E-state index contributed by atoms with van der Waals surface area (Å²) >= 11 is 3.75. The van der Waals surface area contributed by atoms with Gasteiger partial charge in [0.15, 0.2) is 0 Å². The largest absolute Gasteiger partial charge is 0.494 e. The van der Waals surface area contributed by atoms with Crippen molar-refractivity contribution in [2.45, 2.75) is 55.4 Å². The van der Waals surface area contributed by atoms with Crippen LogP contribution in [-0.2, 0) is 25.7 Å². The molecule has 3 fully saturated rings. The van der Waals surface area contributed by atoms with E-state index in [1.165, 1.54) is 4.90 Å². The maximum atomic E-state index is 14.6. The molecule has 10 heteroatoms. The third kappa shape index (κ3) is 5.48. The molecule has 3 saturated heterocycles. The Hall–Kier alpha value is -3.47. The van der Waals surface area contributed by atoms with Crippen LogP contribution in [0.25, 0.3) is 0 Å². The van der Waals surface area contributed by atoms with Gasteiger partial charge >= 0.3 is 0 Å². The van der Waals surface area contributed by atoms with Crippen molar-refractivity contribution in [1.82, 2.24) is 9.80 Å². The Morgan fingerprint density at radius 1 is 1.14 bits per heavy atom. The quantitative estimate of drug-likeness (QED) is 0.257. The van der Waals surface area contributed by atoms with Gasteiger partial charge in [-0.1, -0.05) is 58.4 Å². The van der Waals surface area contributed by atoms with Gasteiger partial charge in [-0.3, -0.25) is 14.4 Å². The molecule has 44 heavy (non-hydrogen) atoms. The van der Waals surface area contributed by atoms with Gasteiger partial charge in [0, 0.05) is 30.1 Å². The van der Waals surface area contributed by atoms with Crippen LogP contribution in [0.1, 0.15) is 25.8 Å². The van der Waals surface area contributed by atoms with E-state index in [0.29, 0.717) is 31.0 Å². The Morgan fingerprint density at radius 3 is 2.43 bits per heavy atom. The number of hydrogen-bond donors (Lipinski definition) is 1. The predicted molar refractivity (Wildman–Crippen MR) is 171 cm³/mol. The number of halogens is 1. The van der Waals surface area contributed by atoms with Gasteiger partial charge in [0.05, 0.1) is 37.2 Å². The molecule has 1 N–H and O–H groups in total. The molecule has 7 atom stereocenters. The Labute approximate surface area is 267 Å². The molecule has 3 unspecified atom stereocenters. The monoisotopic (exact) mass is 665 g/mol. The van der Waals surface area contributed by atoms with Crippen molar-refractivity contribution in [1.29, 1.82) is 0 Å². The second-order valence-electron chi connectivity index (χ2n) is 11.6. The lowest BCUT2D eigenvalue weighted by molar-refractivity contribution is -0.150. The molecule has 1 spiro atoms. The van der Waals surface area contributed by atoms with Gasteiger partial charge < -0.3 is 29.3 Å². The summed E-state index contributed by atoms with van der Waals surface area (Å²) in [5.74, 6) is -1.98. The van der Waals surface area contributed by atoms with Crippen molar-refractivity contribution in [3.8, 4) is 5.75 Å². The van der Waals surface area contributed by atoms with Gasteiger partial charge in [0.1, 0.15) is 17.4 Å². The SMILES string of the molecule is C=CCN(Cc1ccccc1)C(=O)C1N([C@H](C)CO)C(=O)[C@@H]2[C@@H](C(=O)N(CC=C)c3ccc(OCC)cc3)[C@@H]3OC12CC3Br. The molecule has 0 aromatic heterocycles.